The number of amides is 10. The summed E-state index contributed by atoms with van der Waals surface area (Å²) in [5.74, 6) is 0.642. The number of pyridine rings is 2. The molecule has 4 heterocycles. The second-order valence-electron chi connectivity index (χ2n) is 29.3. The van der Waals surface area contributed by atoms with Crippen molar-refractivity contribution >= 4 is 70.9 Å². The number of benzene rings is 4. The van der Waals surface area contributed by atoms with E-state index in [1.807, 2.05) is 62.4 Å². The predicted octanol–water partition coefficient (Wildman–Crippen LogP) is 13.5. The van der Waals surface area contributed by atoms with Gasteiger partial charge in [0.2, 0.25) is 11.8 Å². The Balaban J connectivity index is 0.000000241. The van der Waals surface area contributed by atoms with Crippen LogP contribution in [0.4, 0.5) is 42.2 Å². The molecule has 2 aliphatic heterocycles. The SMILES string of the molecule is COc1ccc(CN(C(=O)OC(C)(C)C)c2cc(C[C@@H]3C(=O)N(C(=O)N[C@H](C)C4CCCCC4)[C@@H]3C(=O)N(C)c3ccc(OC)cc3)ccn2)cc1.COc1ccc(CN(C(=O)OC(C)(C)C)c2cc(C[C@H]3C(=O)N(C(=O)N[C@H](C)C4CCCCC4)[C@@H]3C(=O)N(C)c3ccc(OC)cc3)ccn2)cc1. The van der Waals surface area contributed by atoms with Crippen molar-refractivity contribution in [1.29, 1.82) is 0 Å². The summed E-state index contributed by atoms with van der Waals surface area (Å²) in [4.78, 5) is 128. The third-order valence-electron chi connectivity index (χ3n) is 19.7. The smallest absolute Gasteiger partial charge is 0.416 e. The lowest BCUT2D eigenvalue weighted by Gasteiger charge is -2.46. The predicted molar refractivity (Wildman–Crippen MR) is 397 cm³/mol. The average molecular weight is 1430 g/mol. The van der Waals surface area contributed by atoms with Crippen LogP contribution < -0.4 is 49.2 Å². The second kappa shape index (κ2) is 34.8. The number of aromatic nitrogens is 2. The zero-order chi connectivity index (χ0) is 75.2. The number of anilines is 4. The van der Waals surface area contributed by atoms with Gasteiger partial charge in [-0.15, -0.1) is 0 Å². The Morgan fingerprint density at radius 1 is 0.462 bits per heavy atom. The largest absolute Gasteiger partial charge is 0.497 e. The van der Waals surface area contributed by atoms with Crippen LogP contribution in [-0.2, 0) is 54.6 Å². The van der Waals surface area contributed by atoms with E-state index < -0.39 is 71.2 Å². The van der Waals surface area contributed by atoms with Gasteiger partial charge in [-0.05, 0) is 225 Å². The van der Waals surface area contributed by atoms with E-state index in [1.165, 1.54) is 32.4 Å². The quantitative estimate of drug-likeness (QED) is 0.0599. The molecule has 24 nitrogen and oxygen atoms in total. The van der Waals surface area contributed by atoms with Gasteiger partial charge in [0, 0.05) is 49.9 Å². The lowest BCUT2D eigenvalue weighted by atomic mass is 9.81. The average Bonchev–Trinajstić information content (AvgIpc) is 0.746. The van der Waals surface area contributed by atoms with E-state index in [9.17, 15) is 38.4 Å². The van der Waals surface area contributed by atoms with Crippen LogP contribution in [0.3, 0.4) is 0 Å². The van der Waals surface area contributed by atoms with Gasteiger partial charge in [0.1, 0.15) is 57.9 Å². The summed E-state index contributed by atoms with van der Waals surface area (Å²) in [6.45, 7) is 15.0. The van der Waals surface area contributed by atoms with Crippen LogP contribution in [0.25, 0.3) is 0 Å². The van der Waals surface area contributed by atoms with Crippen molar-refractivity contribution in [1.82, 2.24) is 30.4 Å². The van der Waals surface area contributed by atoms with Crippen molar-refractivity contribution in [3.63, 3.8) is 0 Å². The molecule has 0 unspecified atom stereocenters. The Morgan fingerprint density at radius 2 is 0.769 bits per heavy atom. The molecule has 2 saturated carbocycles. The molecule has 4 fully saturated rings. The molecule has 10 rings (SSSR count). The summed E-state index contributed by atoms with van der Waals surface area (Å²) < 4.78 is 32.6. The highest BCUT2D eigenvalue weighted by Crippen LogP contribution is 2.38. The number of nitrogens with one attached hydrogen (secondary N) is 2. The van der Waals surface area contributed by atoms with Crippen molar-refractivity contribution in [2.75, 3.05) is 62.1 Å². The molecule has 2 saturated heterocycles. The van der Waals surface area contributed by atoms with Crippen LogP contribution in [0.1, 0.15) is 142 Å². The number of imide groups is 2. The molecule has 6 atom stereocenters. The zero-order valence-electron chi connectivity index (χ0n) is 62.5. The number of ether oxygens (including phenoxy) is 6. The molecule has 4 aromatic carbocycles. The topological polar surface area (TPSA) is 261 Å². The second-order valence-corrected chi connectivity index (χ2v) is 29.3. The summed E-state index contributed by atoms with van der Waals surface area (Å²) in [5.41, 5.74) is 2.67. The number of urea groups is 2. The number of carbonyl (C=O) groups excluding carboxylic acids is 8. The third-order valence-corrected chi connectivity index (χ3v) is 19.7. The van der Waals surface area contributed by atoms with Gasteiger partial charge < -0.3 is 48.9 Å². The fourth-order valence-corrected chi connectivity index (χ4v) is 13.7. The number of β-lactam (4-membered cyclic amide) rings is 2. The highest BCUT2D eigenvalue weighted by Gasteiger charge is 2.57. The van der Waals surface area contributed by atoms with Crippen molar-refractivity contribution in [3.8, 4) is 23.0 Å². The van der Waals surface area contributed by atoms with Gasteiger partial charge >= 0.3 is 24.2 Å². The number of methoxy groups -OCH3 is 4. The number of hydrogen-bond acceptors (Lipinski definition) is 16. The summed E-state index contributed by atoms with van der Waals surface area (Å²) in [6.07, 6.45) is 13.1. The summed E-state index contributed by atoms with van der Waals surface area (Å²) in [5, 5.41) is 6.07. The maximum absolute atomic E-state index is 14.2. The molecule has 2 N–H and O–H groups in total. The lowest BCUT2D eigenvalue weighted by Crippen LogP contribution is -2.71. The first-order valence-corrected chi connectivity index (χ1v) is 35.9. The van der Waals surface area contributed by atoms with Crippen LogP contribution in [0.2, 0.25) is 0 Å². The van der Waals surface area contributed by atoms with Gasteiger partial charge in [0.15, 0.2) is 0 Å². The van der Waals surface area contributed by atoms with E-state index >= 15 is 0 Å². The Kier molecular flexibility index (Phi) is 26.1. The van der Waals surface area contributed by atoms with Gasteiger partial charge in [-0.25, -0.2) is 29.1 Å². The Bertz CT molecular complexity index is 3690. The molecule has 6 aromatic rings. The normalized spacial score (nSPS) is 18.1. The van der Waals surface area contributed by atoms with Crippen molar-refractivity contribution in [2.24, 2.45) is 23.7 Å². The lowest BCUT2D eigenvalue weighted by molar-refractivity contribution is -0.156. The summed E-state index contributed by atoms with van der Waals surface area (Å²) in [6, 6.07) is 32.2. The molecule has 4 aliphatic rings. The molecule has 556 valence electrons. The van der Waals surface area contributed by atoms with Crippen molar-refractivity contribution in [2.45, 2.75) is 181 Å². The van der Waals surface area contributed by atoms with E-state index in [4.69, 9.17) is 28.4 Å². The molecule has 0 radical (unpaired) electrons. The number of rotatable bonds is 22. The highest BCUT2D eigenvalue weighted by molar-refractivity contribution is 6.13. The van der Waals surface area contributed by atoms with Crippen LogP contribution in [0.15, 0.2) is 134 Å². The van der Waals surface area contributed by atoms with Gasteiger partial charge in [0.25, 0.3) is 11.8 Å². The van der Waals surface area contributed by atoms with Crippen LogP contribution in [0, 0.1) is 23.7 Å². The number of nitrogens with zero attached hydrogens (tertiary/aromatic N) is 8. The highest BCUT2D eigenvalue weighted by atomic mass is 16.6. The molecule has 0 bridgehead atoms. The van der Waals surface area contributed by atoms with Gasteiger partial charge in [-0.1, -0.05) is 62.8 Å². The fraction of sp³-hybridized carbons (Fsp3) is 0.475. The minimum absolute atomic E-state index is 0.137. The van der Waals surface area contributed by atoms with Gasteiger partial charge in [-0.3, -0.25) is 38.8 Å². The number of likely N-dealkylation sites (tertiary alicyclic amines) is 2. The molecule has 10 amide bonds. The molecule has 2 aromatic heterocycles. The van der Waals surface area contributed by atoms with E-state index in [1.54, 1.807) is 169 Å². The van der Waals surface area contributed by atoms with Crippen molar-refractivity contribution in [3.05, 3.63) is 156 Å². The standard InChI is InChI=1S/2C40H51N5O7/c2*1-26(29-11-9-8-10-12-29)42-38(48)45-35(37(47)43(5)30-15-19-32(51-7)20-16-30)33(36(45)46)23-28-21-22-41-34(24-28)44(39(49)52-40(2,3)4)25-27-13-17-31(50-6)18-14-27/h2*13-22,24,26,29,33,35H,8-12,23,25H2,1-7H3,(H,42,48)/t26-,33+,35+;26-,33-,35+/m11/s1. The van der Waals surface area contributed by atoms with Crippen molar-refractivity contribution < 1.29 is 66.8 Å². The first kappa shape index (κ1) is 77.9. The molecular weight excluding hydrogens is 1320 g/mol. The van der Waals surface area contributed by atoms with Crippen LogP contribution in [-0.4, -0.2) is 146 Å². The molecule has 0 spiro atoms. The van der Waals surface area contributed by atoms with E-state index in [2.05, 4.69) is 20.6 Å². The third kappa shape index (κ3) is 19.7. The molecule has 2 aliphatic carbocycles. The fourth-order valence-electron chi connectivity index (χ4n) is 13.7. The number of carbonyl (C=O) groups is 8. The molecule has 24 heteroatoms. The maximum Gasteiger partial charge on any atom is 0.416 e. The zero-order valence-corrected chi connectivity index (χ0v) is 62.5. The van der Waals surface area contributed by atoms with Gasteiger partial charge in [0.05, 0.1) is 53.4 Å². The van der Waals surface area contributed by atoms with E-state index in [0.717, 1.165) is 72.3 Å². The number of likely N-dealkylation sites (N-methyl/N-ethyl adjacent to an activating group) is 2. The Hall–Kier alpha value is -10.3. The van der Waals surface area contributed by atoms with Crippen LogP contribution >= 0.6 is 0 Å². The molecular formula is C80H102N10O14. The summed E-state index contributed by atoms with van der Waals surface area (Å²) >= 11 is 0. The monoisotopic (exact) mass is 1430 g/mol. The maximum atomic E-state index is 14.2. The minimum Gasteiger partial charge on any atom is -0.497 e. The van der Waals surface area contributed by atoms with Crippen LogP contribution in [0.5, 0.6) is 23.0 Å². The Labute approximate surface area is 611 Å². The van der Waals surface area contributed by atoms with E-state index in [0.29, 0.717) is 69.0 Å². The number of hydrogen-bond donors (Lipinski definition) is 2. The Morgan fingerprint density at radius 3 is 1.07 bits per heavy atom. The summed E-state index contributed by atoms with van der Waals surface area (Å²) in [7, 11) is 9.57. The first-order valence-electron chi connectivity index (χ1n) is 35.9. The van der Waals surface area contributed by atoms with E-state index in [-0.39, 0.29) is 49.8 Å². The first-order chi connectivity index (χ1) is 49.6. The molecule has 104 heavy (non-hydrogen) atoms. The minimum atomic E-state index is -1.05. The van der Waals surface area contributed by atoms with Gasteiger partial charge in [-0.2, -0.15) is 0 Å².